The van der Waals surface area contributed by atoms with Gasteiger partial charge in [0.2, 0.25) is 5.60 Å². The lowest BCUT2D eigenvalue weighted by Crippen LogP contribution is -2.63. The van der Waals surface area contributed by atoms with Gasteiger partial charge in [-0.25, -0.2) is 4.39 Å². The van der Waals surface area contributed by atoms with Crippen molar-refractivity contribution in [1.82, 2.24) is 10.6 Å². The Kier molecular flexibility index (Phi) is 7.72. The third-order valence-corrected chi connectivity index (χ3v) is 4.91. The first-order chi connectivity index (χ1) is 15.5. The van der Waals surface area contributed by atoms with Crippen molar-refractivity contribution in [3.63, 3.8) is 0 Å². The molecule has 190 valence electrons. The second-order valence-corrected chi connectivity index (χ2v) is 7.56. The number of hydrogen-bond donors (Lipinski definition) is 4. The van der Waals surface area contributed by atoms with Crippen LogP contribution in [0.5, 0.6) is 5.75 Å². The van der Waals surface area contributed by atoms with E-state index in [0.29, 0.717) is 6.92 Å². The van der Waals surface area contributed by atoms with Gasteiger partial charge in [-0.1, -0.05) is 0 Å². The number of ether oxygens (including phenoxy) is 1. The average molecular weight is 501 g/mol. The molecule has 4 N–H and O–H groups in total. The number of fused-ring (bicyclic) bond motifs is 1. The molecule has 0 radical (unpaired) electrons. The van der Waals surface area contributed by atoms with Crippen molar-refractivity contribution in [3.8, 4) is 5.75 Å². The van der Waals surface area contributed by atoms with E-state index in [-0.39, 0.29) is 18.0 Å². The molecule has 1 aromatic rings. The minimum absolute atomic E-state index is 0.00587. The number of anilines is 1. The summed E-state index contributed by atoms with van der Waals surface area (Å²) in [6.45, 7) is -1.36. The first-order valence-corrected chi connectivity index (χ1v) is 9.67. The Morgan fingerprint density at radius 1 is 1.18 bits per heavy atom. The molecule has 0 saturated carbocycles. The summed E-state index contributed by atoms with van der Waals surface area (Å²) in [5, 5.41) is 22.6. The third kappa shape index (κ3) is 5.52. The lowest BCUT2D eigenvalue weighted by atomic mass is 10.0. The molecule has 2 rings (SSSR count). The number of nitrogens with one attached hydrogen (secondary N) is 2. The van der Waals surface area contributed by atoms with Crippen molar-refractivity contribution >= 4 is 23.4 Å². The Balaban J connectivity index is 2.23. The van der Waals surface area contributed by atoms with E-state index in [1.165, 1.54) is 13.0 Å². The van der Waals surface area contributed by atoms with Crippen LogP contribution >= 0.6 is 0 Å². The molecule has 0 bridgehead atoms. The van der Waals surface area contributed by atoms with Crippen molar-refractivity contribution < 1.29 is 55.7 Å². The van der Waals surface area contributed by atoms with Crippen LogP contribution in [0.2, 0.25) is 0 Å². The summed E-state index contributed by atoms with van der Waals surface area (Å²) >= 11 is 0. The molecule has 3 atom stereocenters. The molecule has 1 heterocycles. The van der Waals surface area contributed by atoms with Gasteiger partial charge in [0.25, 0.3) is 17.7 Å². The predicted molar refractivity (Wildman–Crippen MR) is 102 cm³/mol. The summed E-state index contributed by atoms with van der Waals surface area (Å²) in [4.78, 5) is 38.4. The highest BCUT2D eigenvalue weighted by Crippen LogP contribution is 2.35. The largest absolute Gasteiger partial charge is 0.486 e. The van der Waals surface area contributed by atoms with Gasteiger partial charge in [0.1, 0.15) is 23.7 Å². The number of aliphatic hydroxyl groups excluding tert-OH is 1. The maximum absolute atomic E-state index is 13.7. The van der Waals surface area contributed by atoms with Crippen LogP contribution in [0.15, 0.2) is 18.2 Å². The van der Waals surface area contributed by atoms with E-state index in [9.17, 15) is 50.9 Å². The molecule has 3 amide bonds. The molecule has 15 heteroatoms. The molecule has 1 aliphatic rings. The van der Waals surface area contributed by atoms with Crippen LogP contribution in [0, 0.1) is 5.82 Å². The number of aliphatic hydroxyl groups is 2. The fraction of sp³-hybridized carbons (Fsp3) is 0.526. The third-order valence-electron chi connectivity index (χ3n) is 4.91. The molecule has 0 aromatic heterocycles. The topological polar surface area (TPSA) is 128 Å². The van der Waals surface area contributed by atoms with E-state index in [2.05, 4.69) is 0 Å². The van der Waals surface area contributed by atoms with Crippen LogP contribution < -0.4 is 20.3 Å². The Bertz CT molecular complexity index is 955. The van der Waals surface area contributed by atoms with Gasteiger partial charge in [0, 0.05) is 12.6 Å². The van der Waals surface area contributed by atoms with Crippen LogP contribution in [0.3, 0.4) is 0 Å². The van der Waals surface area contributed by atoms with E-state index >= 15 is 0 Å². The summed E-state index contributed by atoms with van der Waals surface area (Å²) < 4.78 is 82.1. The molecule has 1 aliphatic heterocycles. The van der Waals surface area contributed by atoms with Crippen LogP contribution in [0.4, 0.5) is 32.0 Å². The standard InChI is InChI=1S/C19H21F6N3O6/c1-9-13(14(30)28(5-6-29)11-7-10(20)3-4-12(11)34-9)27-16(32)17(2,33)15(31)26-8-18(21,22)19(23,24)25/h3-4,7,9,13,29,33H,5-6,8H2,1-2H3,(H,26,31)(H,27,32)/t9-,13+,17-/m1/s1. The van der Waals surface area contributed by atoms with E-state index in [4.69, 9.17) is 4.74 Å². The fourth-order valence-electron chi connectivity index (χ4n) is 2.92. The van der Waals surface area contributed by atoms with Gasteiger partial charge in [0.05, 0.1) is 18.8 Å². The number of benzene rings is 1. The Morgan fingerprint density at radius 3 is 2.35 bits per heavy atom. The summed E-state index contributed by atoms with van der Waals surface area (Å²) in [7, 11) is 0. The zero-order valence-electron chi connectivity index (χ0n) is 17.8. The van der Waals surface area contributed by atoms with Gasteiger partial charge < -0.3 is 30.5 Å². The first-order valence-electron chi connectivity index (χ1n) is 9.67. The highest BCUT2D eigenvalue weighted by atomic mass is 19.4. The van der Waals surface area contributed by atoms with Gasteiger partial charge in [0.15, 0.2) is 0 Å². The first kappa shape index (κ1) is 27.2. The average Bonchev–Trinajstić information content (AvgIpc) is 2.81. The number of halogens is 6. The van der Waals surface area contributed by atoms with Crippen molar-refractivity contribution in [2.24, 2.45) is 0 Å². The van der Waals surface area contributed by atoms with Gasteiger partial charge in [-0.15, -0.1) is 0 Å². The normalized spacial score (nSPS) is 20.5. The smallest absolute Gasteiger partial charge is 0.455 e. The molecule has 0 fully saturated rings. The number of rotatable bonds is 7. The van der Waals surface area contributed by atoms with Crippen molar-refractivity contribution in [1.29, 1.82) is 0 Å². The number of hydrogen-bond acceptors (Lipinski definition) is 6. The lowest BCUT2D eigenvalue weighted by molar-refractivity contribution is -0.278. The highest BCUT2D eigenvalue weighted by molar-refractivity contribution is 6.10. The second kappa shape index (κ2) is 9.66. The zero-order chi connectivity index (χ0) is 26.1. The van der Waals surface area contributed by atoms with Gasteiger partial charge in [-0.05, 0) is 26.0 Å². The second-order valence-electron chi connectivity index (χ2n) is 7.56. The Morgan fingerprint density at radius 2 is 1.79 bits per heavy atom. The lowest BCUT2D eigenvalue weighted by Gasteiger charge is -2.29. The van der Waals surface area contributed by atoms with Gasteiger partial charge >= 0.3 is 12.1 Å². The number of β-amino-alcohol motifs (C(OH)–C–C–N with tert-alkyl or cyclic N) is 1. The minimum atomic E-state index is -5.99. The Labute approximate surface area is 188 Å². The predicted octanol–water partition coefficient (Wildman–Crippen LogP) is 0.481. The maximum Gasteiger partial charge on any atom is 0.455 e. The van der Waals surface area contributed by atoms with Crippen molar-refractivity contribution in [2.75, 3.05) is 24.6 Å². The molecular formula is C19H21F6N3O6. The van der Waals surface area contributed by atoms with Crippen molar-refractivity contribution in [2.45, 2.75) is 43.7 Å². The van der Waals surface area contributed by atoms with Crippen molar-refractivity contribution in [3.05, 3.63) is 24.0 Å². The van der Waals surface area contributed by atoms with E-state index in [1.807, 2.05) is 5.32 Å². The van der Waals surface area contributed by atoms with E-state index in [1.54, 1.807) is 0 Å². The summed E-state index contributed by atoms with van der Waals surface area (Å²) in [5.74, 6) is -10.5. The highest BCUT2D eigenvalue weighted by Gasteiger charge is 2.58. The molecule has 9 nitrogen and oxygen atoms in total. The number of amides is 3. The molecule has 0 saturated heterocycles. The van der Waals surface area contributed by atoms with Gasteiger partial charge in [-0.2, -0.15) is 22.0 Å². The minimum Gasteiger partial charge on any atom is -0.486 e. The summed E-state index contributed by atoms with van der Waals surface area (Å²) in [6, 6.07) is 1.51. The van der Waals surface area contributed by atoms with E-state index < -0.39 is 66.5 Å². The molecule has 0 unspecified atom stereocenters. The molecular weight excluding hydrogens is 480 g/mol. The molecule has 0 aliphatic carbocycles. The zero-order valence-corrected chi connectivity index (χ0v) is 17.8. The summed E-state index contributed by atoms with van der Waals surface area (Å²) in [6.07, 6.45) is -7.17. The summed E-state index contributed by atoms with van der Waals surface area (Å²) in [5.41, 5.74) is -3.25. The number of carbonyl (C=O) groups is 3. The monoisotopic (exact) mass is 501 g/mol. The number of carbonyl (C=O) groups excluding carboxylic acids is 3. The van der Waals surface area contributed by atoms with Gasteiger partial charge in [-0.3, -0.25) is 14.4 Å². The maximum atomic E-state index is 13.7. The van der Waals surface area contributed by atoms with Crippen LogP contribution in [-0.2, 0) is 14.4 Å². The quantitative estimate of drug-likeness (QED) is 0.318. The van der Waals surface area contributed by atoms with Crippen LogP contribution in [0.25, 0.3) is 0 Å². The number of alkyl halides is 5. The molecule has 1 aromatic carbocycles. The molecule has 0 spiro atoms. The van der Waals surface area contributed by atoms with E-state index in [0.717, 1.165) is 22.3 Å². The molecule has 34 heavy (non-hydrogen) atoms. The van der Waals surface area contributed by atoms with Crippen LogP contribution in [-0.4, -0.2) is 77.5 Å². The number of nitrogens with zero attached hydrogens (tertiary/aromatic N) is 1. The SMILES string of the molecule is C[C@H]1Oc2ccc(F)cc2N(CCO)C(=O)[C@H]1NC(=O)[C@](C)(O)C(=O)NCC(F)(F)C(F)(F)F. The fourth-order valence-corrected chi connectivity index (χ4v) is 2.92. The van der Waals surface area contributed by atoms with Crippen LogP contribution in [0.1, 0.15) is 13.8 Å². The Hall–Kier alpha value is -3.07.